The maximum absolute atomic E-state index is 11.9. The van der Waals surface area contributed by atoms with Gasteiger partial charge in [-0.2, -0.15) is 0 Å². The summed E-state index contributed by atoms with van der Waals surface area (Å²) in [5.74, 6) is 0.0805. The second-order valence-corrected chi connectivity index (χ2v) is 7.14. The molecule has 0 saturated carbocycles. The van der Waals surface area contributed by atoms with Crippen LogP contribution in [0.2, 0.25) is 0 Å². The van der Waals surface area contributed by atoms with Gasteiger partial charge < -0.3 is 10.4 Å². The molecule has 1 aromatic carbocycles. The lowest BCUT2D eigenvalue weighted by Crippen LogP contribution is -2.23. The van der Waals surface area contributed by atoms with Gasteiger partial charge in [-0.1, -0.05) is 19.1 Å². The van der Waals surface area contributed by atoms with Crippen LogP contribution in [-0.2, 0) is 9.84 Å². The zero-order chi connectivity index (χ0) is 13.8. The van der Waals surface area contributed by atoms with Crippen LogP contribution in [0.3, 0.4) is 0 Å². The van der Waals surface area contributed by atoms with Gasteiger partial charge in [0.25, 0.3) is 0 Å². The molecule has 0 spiro atoms. The van der Waals surface area contributed by atoms with Gasteiger partial charge in [-0.05, 0) is 32.4 Å². The maximum Gasteiger partial charge on any atom is 0.180 e. The summed E-state index contributed by atoms with van der Waals surface area (Å²) >= 11 is 0. The van der Waals surface area contributed by atoms with E-state index in [-0.39, 0.29) is 5.75 Å². The van der Waals surface area contributed by atoms with Gasteiger partial charge in [0.05, 0.1) is 21.9 Å². The first-order chi connectivity index (χ1) is 8.26. The van der Waals surface area contributed by atoms with Crippen molar-refractivity contribution in [1.82, 2.24) is 0 Å². The first-order valence-electron chi connectivity index (χ1n) is 6.04. The number of aliphatic hydroxyl groups is 1. The quantitative estimate of drug-likeness (QED) is 0.831. The van der Waals surface area contributed by atoms with Crippen molar-refractivity contribution in [3.8, 4) is 0 Å². The molecule has 0 bridgehead atoms. The second-order valence-electron chi connectivity index (χ2n) is 4.89. The fraction of sp³-hybridized carbons (Fsp3) is 0.538. The topological polar surface area (TPSA) is 66.4 Å². The zero-order valence-corrected chi connectivity index (χ0v) is 11.9. The highest BCUT2D eigenvalue weighted by molar-refractivity contribution is 7.91. The molecule has 0 aliphatic rings. The first-order valence-corrected chi connectivity index (χ1v) is 7.69. The highest BCUT2D eigenvalue weighted by Gasteiger charge is 2.17. The minimum atomic E-state index is -3.22. The van der Waals surface area contributed by atoms with E-state index in [1.54, 1.807) is 45.0 Å². The summed E-state index contributed by atoms with van der Waals surface area (Å²) in [6, 6.07) is 6.85. The van der Waals surface area contributed by atoms with Gasteiger partial charge in [0.1, 0.15) is 0 Å². The number of anilines is 1. The molecule has 1 aromatic rings. The molecule has 1 rings (SSSR count). The number of nitrogens with one attached hydrogen (secondary N) is 1. The van der Waals surface area contributed by atoms with Crippen molar-refractivity contribution in [2.24, 2.45) is 0 Å². The zero-order valence-electron chi connectivity index (χ0n) is 11.1. The highest BCUT2D eigenvalue weighted by Crippen LogP contribution is 2.22. The molecule has 5 heteroatoms. The number of hydrogen-bond acceptors (Lipinski definition) is 4. The first kappa shape index (κ1) is 15.0. The van der Waals surface area contributed by atoms with Gasteiger partial charge in [0, 0.05) is 6.54 Å². The predicted octanol–water partition coefficient (Wildman–Crippen LogP) is 2.05. The van der Waals surface area contributed by atoms with E-state index in [1.807, 2.05) is 0 Å². The molecule has 18 heavy (non-hydrogen) atoms. The van der Waals surface area contributed by atoms with Gasteiger partial charge in [0.15, 0.2) is 9.84 Å². The lowest BCUT2D eigenvalue weighted by molar-refractivity contribution is 0.0748. The van der Waals surface area contributed by atoms with E-state index >= 15 is 0 Å². The monoisotopic (exact) mass is 271 g/mol. The third-order valence-corrected chi connectivity index (χ3v) is 4.44. The number of sulfone groups is 1. The Morgan fingerprint density at radius 1 is 1.28 bits per heavy atom. The molecule has 102 valence electrons. The van der Waals surface area contributed by atoms with Crippen molar-refractivity contribution in [1.29, 1.82) is 0 Å². The maximum atomic E-state index is 11.9. The fourth-order valence-electron chi connectivity index (χ4n) is 1.54. The smallest absolute Gasteiger partial charge is 0.180 e. The van der Waals surface area contributed by atoms with Crippen LogP contribution in [0.15, 0.2) is 29.2 Å². The van der Waals surface area contributed by atoms with Gasteiger partial charge >= 0.3 is 0 Å². The van der Waals surface area contributed by atoms with Gasteiger partial charge in [-0.25, -0.2) is 8.42 Å². The van der Waals surface area contributed by atoms with Crippen LogP contribution >= 0.6 is 0 Å². The normalized spacial score (nSPS) is 12.4. The van der Waals surface area contributed by atoms with E-state index in [0.29, 0.717) is 23.5 Å². The molecular formula is C13H21NO3S. The summed E-state index contributed by atoms with van der Waals surface area (Å²) in [5, 5.41) is 12.7. The Kier molecular flexibility index (Phi) is 4.76. The lowest BCUT2D eigenvalue weighted by Gasteiger charge is -2.18. The molecule has 0 amide bonds. The molecule has 0 fully saturated rings. The van der Waals surface area contributed by atoms with Crippen LogP contribution in [-0.4, -0.2) is 31.4 Å². The van der Waals surface area contributed by atoms with E-state index in [2.05, 4.69) is 5.32 Å². The lowest BCUT2D eigenvalue weighted by atomic mass is 10.1. The van der Waals surface area contributed by atoms with E-state index in [1.165, 1.54) is 0 Å². The Balaban J connectivity index is 2.84. The molecule has 0 unspecified atom stereocenters. The molecule has 0 aliphatic carbocycles. The predicted molar refractivity (Wildman–Crippen MR) is 73.6 cm³/mol. The molecular weight excluding hydrogens is 250 g/mol. The Hall–Kier alpha value is -1.07. The third kappa shape index (κ3) is 4.31. The third-order valence-electron chi connectivity index (χ3n) is 2.65. The van der Waals surface area contributed by atoms with Gasteiger partial charge in [0.2, 0.25) is 0 Å². The standard InChI is InChI=1S/C13H21NO3S/c1-4-18(16,17)12-8-6-5-7-11(12)14-10-9-13(2,3)15/h5-8,14-15H,4,9-10H2,1-3H3. The highest BCUT2D eigenvalue weighted by atomic mass is 32.2. The van der Waals surface area contributed by atoms with E-state index in [4.69, 9.17) is 0 Å². The molecule has 0 aliphatic heterocycles. The minimum Gasteiger partial charge on any atom is -0.390 e. The van der Waals surface area contributed by atoms with Crippen LogP contribution in [0.1, 0.15) is 27.2 Å². The van der Waals surface area contributed by atoms with Gasteiger partial charge in [-0.15, -0.1) is 0 Å². The van der Waals surface area contributed by atoms with Crippen molar-refractivity contribution in [2.75, 3.05) is 17.6 Å². The van der Waals surface area contributed by atoms with Crippen LogP contribution in [0.25, 0.3) is 0 Å². The molecule has 2 N–H and O–H groups in total. The number of para-hydroxylation sites is 1. The van der Waals surface area contributed by atoms with E-state index < -0.39 is 15.4 Å². The number of benzene rings is 1. The van der Waals surface area contributed by atoms with Crippen molar-refractivity contribution in [3.63, 3.8) is 0 Å². The average Bonchev–Trinajstić information content (AvgIpc) is 2.28. The van der Waals surface area contributed by atoms with Crippen LogP contribution < -0.4 is 5.32 Å². The Labute approximate surface area is 109 Å². The van der Waals surface area contributed by atoms with Crippen molar-refractivity contribution in [3.05, 3.63) is 24.3 Å². The Morgan fingerprint density at radius 3 is 2.44 bits per heavy atom. The SMILES string of the molecule is CCS(=O)(=O)c1ccccc1NCCC(C)(C)O. The average molecular weight is 271 g/mol. The van der Waals surface area contributed by atoms with Crippen molar-refractivity contribution in [2.45, 2.75) is 37.7 Å². The fourth-order valence-corrected chi connectivity index (χ4v) is 2.61. The summed E-state index contributed by atoms with van der Waals surface area (Å²) in [6.45, 7) is 5.61. The van der Waals surface area contributed by atoms with E-state index in [9.17, 15) is 13.5 Å². The van der Waals surface area contributed by atoms with Crippen LogP contribution in [0.4, 0.5) is 5.69 Å². The Morgan fingerprint density at radius 2 is 1.89 bits per heavy atom. The summed E-state index contributed by atoms with van der Waals surface area (Å²) in [7, 11) is -3.22. The molecule has 4 nitrogen and oxygen atoms in total. The molecule has 0 heterocycles. The summed E-state index contributed by atoms with van der Waals surface area (Å²) < 4.78 is 23.8. The summed E-state index contributed by atoms with van der Waals surface area (Å²) in [5.41, 5.74) is -0.158. The summed E-state index contributed by atoms with van der Waals surface area (Å²) in [6.07, 6.45) is 0.549. The molecule has 0 aromatic heterocycles. The van der Waals surface area contributed by atoms with E-state index in [0.717, 1.165) is 0 Å². The molecule has 0 radical (unpaired) electrons. The molecule has 0 atom stereocenters. The van der Waals surface area contributed by atoms with Crippen molar-refractivity contribution < 1.29 is 13.5 Å². The van der Waals surface area contributed by atoms with Crippen LogP contribution in [0, 0.1) is 0 Å². The molecule has 0 saturated heterocycles. The number of rotatable bonds is 6. The Bertz CT molecular complexity index is 489. The van der Waals surface area contributed by atoms with Crippen LogP contribution in [0.5, 0.6) is 0 Å². The van der Waals surface area contributed by atoms with Crippen molar-refractivity contribution >= 4 is 15.5 Å². The van der Waals surface area contributed by atoms with Gasteiger partial charge in [-0.3, -0.25) is 0 Å². The minimum absolute atomic E-state index is 0.0805. The summed E-state index contributed by atoms with van der Waals surface area (Å²) in [4.78, 5) is 0.322. The number of hydrogen-bond donors (Lipinski definition) is 2. The largest absolute Gasteiger partial charge is 0.390 e. The second kappa shape index (κ2) is 5.71.